The summed E-state index contributed by atoms with van der Waals surface area (Å²) in [4.78, 5) is 0. The van der Waals surface area contributed by atoms with E-state index < -0.39 is 9.04 Å². The highest BCUT2D eigenvalue weighted by molar-refractivity contribution is 6.48. The second-order valence-corrected chi connectivity index (χ2v) is 5.55. The Bertz CT molecular complexity index is 157. The summed E-state index contributed by atoms with van der Waals surface area (Å²) < 4.78 is 10.5. The monoisotopic (exact) mass is 185 g/mol. The minimum absolute atomic E-state index is 0.488. The van der Waals surface area contributed by atoms with Crippen LogP contribution in [0.1, 0.15) is 6.42 Å². The molecule has 0 N–H and O–H groups in total. The fourth-order valence-electron chi connectivity index (χ4n) is 1.15. The molecule has 12 heavy (non-hydrogen) atoms. The second kappa shape index (κ2) is 4.67. The molecule has 3 heteroatoms. The number of allylic oxidation sites excluding steroid dienone is 1. The van der Waals surface area contributed by atoms with E-state index in [2.05, 4.69) is 19.2 Å². The third-order valence-electron chi connectivity index (χ3n) is 2.03. The van der Waals surface area contributed by atoms with E-state index in [1.165, 1.54) is 6.42 Å². The van der Waals surface area contributed by atoms with Crippen LogP contribution in [0.15, 0.2) is 12.3 Å². The van der Waals surface area contributed by atoms with E-state index in [0.717, 1.165) is 12.5 Å². The Morgan fingerprint density at radius 3 is 2.83 bits per heavy atom. The van der Waals surface area contributed by atoms with Crippen molar-refractivity contribution < 1.29 is 9.16 Å². The highest BCUT2D eigenvalue weighted by Crippen LogP contribution is 2.39. The standard InChI is InChI=1S/C9H17O2Si/c1-10-5-4-8-6-9(8)7-11-12(2)3/h4-5,8-9H,6-7H2,1-3H3. The zero-order valence-corrected chi connectivity index (χ0v) is 9.04. The van der Waals surface area contributed by atoms with Gasteiger partial charge in [0.25, 0.3) is 0 Å². The molecule has 0 bridgehead atoms. The van der Waals surface area contributed by atoms with E-state index in [1.54, 1.807) is 13.4 Å². The van der Waals surface area contributed by atoms with Crippen molar-refractivity contribution in [3.63, 3.8) is 0 Å². The van der Waals surface area contributed by atoms with Gasteiger partial charge in [0, 0.05) is 6.61 Å². The lowest BCUT2D eigenvalue weighted by Gasteiger charge is -2.03. The van der Waals surface area contributed by atoms with Gasteiger partial charge in [-0.2, -0.15) is 0 Å². The Kier molecular flexibility index (Phi) is 3.82. The first-order chi connectivity index (χ1) is 5.74. The number of ether oxygens (including phenoxy) is 1. The van der Waals surface area contributed by atoms with E-state index in [4.69, 9.17) is 9.16 Å². The Morgan fingerprint density at radius 2 is 2.25 bits per heavy atom. The maximum Gasteiger partial charge on any atom is 0.204 e. The summed E-state index contributed by atoms with van der Waals surface area (Å²) in [5.41, 5.74) is 0. The predicted molar refractivity (Wildman–Crippen MR) is 51.2 cm³/mol. The Hall–Kier alpha value is -0.283. The minimum atomic E-state index is -0.488. The average molecular weight is 185 g/mol. The van der Waals surface area contributed by atoms with E-state index in [-0.39, 0.29) is 0 Å². The molecular weight excluding hydrogens is 168 g/mol. The number of rotatable bonds is 5. The molecule has 1 aliphatic carbocycles. The van der Waals surface area contributed by atoms with Crippen LogP contribution in [-0.2, 0) is 9.16 Å². The lowest BCUT2D eigenvalue weighted by Crippen LogP contribution is -2.10. The van der Waals surface area contributed by atoms with Crippen molar-refractivity contribution in [2.45, 2.75) is 19.5 Å². The van der Waals surface area contributed by atoms with Gasteiger partial charge in [0.1, 0.15) is 0 Å². The van der Waals surface area contributed by atoms with Crippen LogP contribution >= 0.6 is 0 Å². The van der Waals surface area contributed by atoms with Crippen molar-refractivity contribution in [1.29, 1.82) is 0 Å². The third kappa shape index (κ3) is 3.41. The molecular formula is C9H17O2Si. The lowest BCUT2D eigenvalue weighted by molar-refractivity contribution is 0.301. The van der Waals surface area contributed by atoms with Gasteiger partial charge in [-0.3, -0.25) is 0 Å². The maximum atomic E-state index is 5.60. The molecule has 1 saturated carbocycles. The Morgan fingerprint density at radius 1 is 1.50 bits per heavy atom. The molecule has 2 unspecified atom stereocenters. The molecule has 0 aromatic carbocycles. The normalized spacial score (nSPS) is 28.3. The van der Waals surface area contributed by atoms with Gasteiger partial charge in [-0.1, -0.05) is 0 Å². The van der Waals surface area contributed by atoms with E-state index in [0.29, 0.717) is 5.92 Å². The van der Waals surface area contributed by atoms with Gasteiger partial charge in [-0.15, -0.1) is 0 Å². The van der Waals surface area contributed by atoms with Crippen molar-refractivity contribution in [3.05, 3.63) is 12.3 Å². The van der Waals surface area contributed by atoms with Gasteiger partial charge in [-0.05, 0) is 37.4 Å². The smallest absolute Gasteiger partial charge is 0.204 e. The summed E-state index contributed by atoms with van der Waals surface area (Å²) in [7, 11) is 1.20. The van der Waals surface area contributed by atoms with Crippen molar-refractivity contribution >= 4 is 9.04 Å². The molecule has 2 nitrogen and oxygen atoms in total. The molecule has 0 aromatic rings. The summed E-state index contributed by atoms with van der Waals surface area (Å²) in [5.74, 6) is 1.47. The van der Waals surface area contributed by atoms with Crippen LogP contribution in [0.4, 0.5) is 0 Å². The van der Waals surface area contributed by atoms with Crippen molar-refractivity contribution in [3.8, 4) is 0 Å². The van der Waals surface area contributed by atoms with Crippen molar-refractivity contribution in [1.82, 2.24) is 0 Å². The summed E-state index contributed by atoms with van der Waals surface area (Å²) in [5, 5.41) is 0. The molecule has 1 rings (SSSR count). The van der Waals surface area contributed by atoms with Crippen LogP contribution in [0, 0.1) is 11.8 Å². The quantitative estimate of drug-likeness (QED) is 0.482. The van der Waals surface area contributed by atoms with Crippen LogP contribution in [0.5, 0.6) is 0 Å². The first-order valence-electron chi connectivity index (χ1n) is 4.36. The summed E-state index contributed by atoms with van der Waals surface area (Å²) in [6.45, 7) is 5.29. The Labute approximate surface area is 76.3 Å². The van der Waals surface area contributed by atoms with E-state index in [1.807, 2.05) is 0 Å². The fourth-order valence-corrected chi connectivity index (χ4v) is 1.70. The number of methoxy groups -OCH3 is 1. The predicted octanol–water partition coefficient (Wildman–Crippen LogP) is 2.05. The van der Waals surface area contributed by atoms with Gasteiger partial charge in [0.2, 0.25) is 9.04 Å². The van der Waals surface area contributed by atoms with E-state index in [9.17, 15) is 0 Å². The summed E-state index contributed by atoms with van der Waals surface area (Å²) in [6.07, 6.45) is 5.18. The minimum Gasteiger partial charge on any atom is -0.505 e. The van der Waals surface area contributed by atoms with Crippen LogP contribution in [0.2, 0.25) is 13.1 Å². The van der Waals surface area contributed by atoms with Crippen molar-refractivity contribution in [2.24, 2.45) is 11.8 Å². The molecule has 1 fully saturated rings. The van der Waals surface area contributed by atoms with Gasteiger partial charge in [0.15, 0.2) is 0 Å². The molecule has 0 amide bonds. The van der Waals surface area contributed by atoms with Crippen LogP contribution in [0.25, 0.3) is 0 Å². The van der Waals surface area contributed by atoms with E-state index >= 15 is 0 Å². The maximum absolute atomic E-state index is 5.60. The first kappa shape index (κ1) is 9.80. The summed E-state index contributed by atoms with van der Waals surface area (Å²) >= 11 is 0. The molecule has 0 saturated heterocycles. The highest BCUT2D eigenvalue weighted by Gasteiger charge is 2.34. The van der Waals surface area contributed by atoms with Crippen molar-refractivity contribution in [2.75, 3.05) is 13.7 Å². The highest BCUT2D eigenvalue weighted by atomic mass is 28.3. The molecule has 0 spiro atoms. The largest absolute Gasteiger partial charge is 0.505 e. The molecule has 69 valence electrons. The lowest BCUT2D eigenvalue weighted by atomic mass is 10.3. The molecule has 0 aliphatic heterocycles. The number of hydrogen-bond acceptors (Lipinski definition) is 2. The van der Waals surface area contributed by atoms with Crippen LogP contribution in [0.3, 0.4) is 0 Å². The molecule has 1 radical (unpaired) electrons. The van der Waals surface area contributed by atoms with Crippen LogP contribution in [-0.4, -0.2) is 22.8 Å². The fraction of sp³-hybridized carbons (Fsp3) is 0.778. The first-order valence-corrected chi connectivity index (χ1v) is 6.77. The van der Waals surface area contributed by atoms with Gasteiger partial charge < -0.3 is 9.16 Å². The topological polar surface area (TPSA) is 18.5 Å². The average Bonchev–Trinajstić information content (AvgIpc) is 2.76. The van der Waals surface area contributed by atoms with Gasteiger partial charge >= 0.3 is 0 Å². The van der Waals surface area contributed by atoms with Gasteiger partial charge in [-0.25, -0.2) is 0 Å². The zero-order chi connectivity index (χ0) is 8.97. The molecule has 1 aliphatic rings. The zero-order valence-electron chi connectivity index (χ0n) is 8.04. The molecule has 0 aromatic heterocycles. The molecule has 2 atom stereocenters. The SMILES string of the molecule is COC=CC1CC1CO[Si](C)C. The molecule has 0 heterocycles. The van der Waals surface area contributed by atoms with Crippen LogP contribution < -0.4 is 0 Å². The Balaban J connectivity index is 2.04. The number of hydrogen-bond donors (Lipinski definition) is 0. The van der Waals surface area contributed by atoms with Gasteiger partial charge in [0.05, 0.1) is 13.4 Å². The second-order valence-electron chi connectivity index (χ2n) is 3.44. The summed E-state index contributed by atoms with van der Waals surface area (Å²) in [6, 6.07) is 0. The third-order valence-corrected chi connectivity index (χ3v) is 2.77.